The predicted molar refractivity (Wildman–Crippen MR) is 57.6 cm³/mol. The zero-order valence-corrected chi connectivity index (χ0v) is 7.22. The van der Waals surface area contributed by atoms with Gasteiger partial charge in [-0.15, -0.1) is 0 Å². The monoisotopic (exact) mass is 193 g/mol. The first-order valence-electron chi connectivity index (χ1n) is 4.53. The SMILES string of the molecule is CCCCCC1C=CNC=C1.[CaH2]. The summed E-state index contributed by atoms with van der Waals surface area (Å²) >= 11 is 0. The topological polar surface area (TPSA) is 12.0 Å². The van der Waals surface area contributed by atoms with E-state index in [1.165, 1.54) is 25.7 Å². The molecule has 1 aliphatic rings. The maximum atomic E-state index is 3.04. The van der Waals surface area contributed by atoms with E-state index in [2.05, 4.69) is 24.4 Å². The number of rotatable bonds is 4. The van der Waals surface area contributed by atoms with Gasteiger partial charge in [-0.1, -0.05) is 38.3 Å². The van der Waals surface area contributed by atoms with Gasteiger partial charge >= 0.3 is 37.7 Å². The fraction of sp³-hybridized carbons (Fsp3) is 0.600. The Morgan fingerprint density at radius 2 is 1.83 bits per heavy atom. The molecule has 0 amide bonds. The van der Waals surface area contributed by atoms with Crippen LogP contribution < -0.4 is 5.32 Å². The minimum atomic E-state index is 0. The standard InChI is InChI=1S/C10H17N.Ca.2H/c1-2-3-4-5-10-6-8-11-9-7-10;;;/h6-11H,2-5H2,1H3;;;. The molecule has 0 spiro atoms. The van der Waals surface area contributed by atoms with E-state index in [4.69, 9.17) is 0 Å². The Kier molecular flexibility index (Phi) is 8.52. The predicted octanol–water partition coefficient (Wildman–Crippen LogP) is 1.90. The van der Waals surface area contributed by atoms with Gasteiger partial charge in [-0.05, 0) is 24.7 Å². The molecule has 2 heteroatoms. The molecule has 12 heavy (non-hydrogen) atoms. The third kappa shape index (κ3) is 5.23. The van der Waals surface area contributed by atoms with E-state index in [1.807, 2.05) is 12.4 Å². The number of hydrogen-bond acceptors (Lipinski definition) is 1. The molecule has 0 aromatic rings. The average Bonchev–Trinajstić information content (AvgIpc) is 2.07. The molecule has 0 bridgehead atoms. The molecule has 0 aromatic heterocycles. The van der Waals surface area contributed by atoms with Gasteiger partial charge in [-0.3, -0.25) is 0 Å². The van der Waals surface area contributed by atoms with Gasteiger partial charge in [0.05, 0.1) is 0 Å². The van der Waals surface area contributed by atoms with Crippen LogP contribution in [-0.2, 0) is 0 Å². The Morgan fingerprint density at radius 3 is 2.42 bits per heavy atom. The van der Waals surface area contributed by atoms with Gasteiger partial charge < -0.3 is 5.32 Å². The molecule has 0 radical (unpaired) electrons. The molecular formula is C10H19CaN. The van der Waals surface area contributed by atoms with Crippen molar-refractivity contribution in [1.82, 2.24) is 5.32 Å². The molecule has 1 heterocycles. The van der Waals surface area contributed by atoms with E-state index in [-0.39, 0.29) is 37.7 Å². The summed E-state index contributed by atoms with van der Waals surface area (Å²) < 4.78 is 0. The summed E-state index contributed by atoms with van der Waals surface area (Å²) in [5.41, 5.74) is 0. The molecule has 0 saturated carbocycles. The average molecular weight is 193 g/mol. The maximum absolute atomic E-state index is 3.04. The summed E-state index contributed by atoms with van der Waals surface area (Å²) in [4.78, 5) is 0. The van der Waals surface area contributed by atoms with Gasteiger partial charge in [-0.25, -0.2) is 0 Å². The van der Waals surface area contributed by atoms with E-state index in [0.717, 1.165) is 0 Å². The summed E-state index contributed by atoms with van der Waals surface area (Å²) in [7, 11) is 0. The first-order valence-corrected chi connectivity index (χ1v) is 4.53. The van der Waals surface area contributed by atoms with Crippen molar-refractivity contribution in [3.8, 4) is 0 Å². The molecule has 0 atom stereocenters. The summed E-state index contributed by atoms with van der Waals surface area (Å²) in [6.45, 7) is 2.24. The van der Waals surface area contributed by atoms with Crippen molar-refractivity contribution in [3.63, 3.8) is 0 Å². The van der Waals surface area contributed by atoms with Gasteiger partial charge in [0.2, 0.25) is 0 Å². The van der Waals surface area contributed by atoms with Crippen LogP contribution in [0.5, 0.6) is 0 Å². The molecule has 66 valence electrons. The molecule has 1 rings (SSSR count). The molecule has 0 saturated heterocycles. The first-order chi connectivity index (χ1) is 5.43. The zero-order valence-electron chi connectivity index (χ0n) is 7.22. The number of dihydropyridines is 1. The molecule has 0 fully saturated rings. The van der Waals surface area contributed by atoms with Crippen molar-refractivity contribution in [2.45, 2.75) is 32.6 Å². The summed E-state index contributed by atoms with van der Waals surface area (Å²) in [5, 5.41) is 3.04. The van der Waals surface area contributed by atoms with Gasteiger partial charge in [0.25, 0.3) is 0 Å². The van der Waals surface area contributed by atoms with Crippen LogP contribution in [0.15, 0.2) is 24.6 Å². The summed E-state index contributed by atoms with van der Waals surface area (Å²) in [6, 6.07) is 0. The van der Waals surface area contributed by atoms with Crippen molar-refractivity contribution in [3.05, 3.63) is 24.6 Å². The van der Waals surface area contributed by atoms with Crippen LogP contribution >= 0.6 is 0 Å². The van der Waals surface area contributed by atoms with Crippen molar-refractivity contribution in [1.29, 1.82) is 0 Å². The molecule has 1 aliphatic heterocycles. The van der Waals surface area contributed by atoms with Crippen molar-refractivity contribution in [2.75, 3.05) is 0 Å². The Labute approximate surface area is 105 Å². The van der Waals surface area contributed by atoms with Gasteiger partial charge in [0.1, 0.15) is 0 Å². The molecule has 0 aromatic carbocycles. The normalized spacial score (nSPS) is 15.4. The third-order valence-electron chi connectivity index (χ3n) is 2.02. The van der Waals surface area contributed by atoms with E-state index in [0.29, 0.717) is 5.92 Å². The molecule has 0 aliphatic carbocycles. The number of hydrogen-bond donors (Lipinski definition) is 1. The van der Waals surface area contributed by atoms with Crippen molar-refractivity contribution < 1.29 is 0 Å². The van der Waals surface area contributed by atoms with Crippen molar-refractivity contribution >= 4 is 37.7 Å². The summed E-state index contributed by atoms with van der Waals surface area (Å²) in [5.74, 6) is 0.683. The van der Waals surface area contributed by atoms with Crippen LogP contribution in [0.25, 0.3) is 0 Å². The van der Waals surface area contributed by atoms with Crippen LogP contribution in [0, 0.1) is 5.92 Å². The Hall–Kier alpha value is 0.540. The second-order valence-electron chi connectivity index (χ2n) is 3.04. The number of allylic oxidation sites excluding steroid dienone is 2. The Morgan fingerprint density at radius 1 is 1.17 bits per heavy atom. The fourth-order valence-corrected chi connectivity index (χ4v) is 1.30. The van der Waals surface area contributed by atoms with Gasteiger partial charge in [-0.2, -0.15) is 0 Å². The van der Waals surface area contributed by atoms with E-state index in [1.54, 1.807) is 0 Å². The second kappa shape index (κ2) is 8.15. The fourth-order valence-electron chi connectivity index (χ4n) is 1.30. The Balaban J connectivity index is 0.00000121. The van der Waals surface area contributed by atoms with Crippen molar-refractivity contribution in [2.24, 2.45) is 5.92 Å². The zero-order chi connectivity index (χ0) is 7.94. The van der Waals surface area contributed by atoms with Gasteiger partial charge in [0, 0.05) is 0 Å². The molecule has 1 N–H and O–H groups in total. The Bertz CT molecular complexity index is 140. The number of unbranched alkanes of at least 4 members (excludes halogenated alkanes) is 2. The minimum absolute atomic E-state index is 0. The van der Waals surface area contributed by atoms with Gasteiger partial charge in [0.15, 0.2) is 0 Å². The first kappa shape index (κ1) is 12.5. The van der Waals surface area contributed by atoms with E-state index >= 15 is 0 Å². The second-order valence-corrected chi connectivity index (χ2v) is 3.04. The third-order valence-corrected chi connectivity index (χ3v) is 2.02. The molecule has 0 unspecified atom stereocenters. The quantitative estimate of drug-likeness (QED) is 0.531. The van der Waals surface area contributed by atoms with E-state index < -0.39 is 0 Å². The summed E-state index contributed by atoms with van der Waals surface area (Å²) in [6.07, 6.45) is 13.9. The van der Waals surface area contributed by atoms with Crippen LogP contribution in [-0.4, -0.2) is 37.7 Å². The molecular weight excluding hydrogens is 174 g/mol. The van der Waals surface area contributed by atoms with Crippen LogP contribution in [0.3, 0.4) is 0 Å². The van der Waals surface area contributed by atoms with Crippen LogP contribution in [0.1, 0.15) is 32.6 Å². The number of nitrogens with one attached hydrogen (secondary N) is 1. The van der Waals surface area contributed by atoms with Crippen LogP contribution in [0.2, 0.25) is 0 Å². The van der Waals surface area contributed by atoms with Crippen LogP contribution in [0.4, 0.5) is 0 Å². The molecule has 1 nitrogen and oxygen atoms in total. The van der Waals surface area contributed by atoms with E-state index in [9.17, 15) is 0 Å².